The summed E-state index contributed by atoms with van der Waals surface area (Å²) in [5.41, 5.74) is 2.84. The van der Waals surface area contributed by atoms with Crippen LogP contribution in [0.3, 0.4) is 0 Å². The Morgan fingerprint density at radius 3 is 2.46 bits per heavy atom. The van der Waals surface area contributed by atoms with E-state index in [0.29, 0.717) is 17.8 Å². The Morgan fingerprint density at radius 1 is 1.08 bits per heavy atom. The monoisotopic (exact) mass is 355 g/mol. The SMILES string of the molecule is CCOC(=O)c1ccccc1N(CC)C(=O)Cc1ccc(C)c(OC)c1. The molecule has 5 heteroatoms. The first-order valence-corrected chi connectivity index (χ1v) is 8.71. The maximum Gasteiger partial charge on any atom is 0.340 e. The van der Waals surface area contributed by atoms with Crippen LogP contribution in [0.15, 0.2) is 42.5 Å². The molecule has 0 aromatic heterocycles. The molecule has 2 aromatic rings. The van der Waals surface area contributed by atoms with E-state index in [1.165, 1.54) is 0 Å². The third-order valence-electron chi connectivity index (χ3n) is 4.14. The standard InChI is InChI=1S/C21H25NO4/c1-5-22(18-10-8-7-9-17(18)21(24)26-6-2)20(23)14-16-12-11-15(3)19(13-16)25-4/h7-13H,5-6,14H2,1-4H3. The Labute approximate surface area is 154 Å². The minimum atomic E-state index is -0.425. The minimum Gasteiger partial charge on any atom is -0.496 e. The predicted octanol–water partition coefficient (Wildman–Crippen LogP) is 3.78. The van der Waals surface area contributed by atoms with Gasteiger partial charge in [0, 0.05) is 6.54 Å². The van der Waals surface area contributed by atoms with Gasteiger partial charge in [0.15, 0.2) is 0 Å². The number of hydrogen-bond acceptors (Lipinski definition) is 4. The van der Waals surface area contributed by atoms with Crippen LogP contribution in [-0.2, 0) is 16.0 Å². The van der Waals surface area contributed by atoms with Crippen molar-refractivity contribution in [1.82, 2.24) is 0 Å². The molecule has 1 amide bonds. The molecule has 0 bridgehead atoms. The van der Waals surface area contributed by atoms with Crippen LogP contribution in [0.2, 0.25) is 0 Å². The molecule has 2 rings (SSSR count). The summed E-state index contributed by atoms with van der Waals surface area (Å²) in [5.74, 6) is 0.242. The Hall–Kier alpha value is -2.82. The second-order valence-corrected chi connectivity index (χ2v) is 5.86. The fraction of sp³-hybridized carbons (Fsp3) is 0.333. The average Bonchev–Trinajstić information content (AvgIpc) is 2.64. The van der Waals surface area contributed by atoms with Gasteiger partial charge in [-0.15, -0.1) is 0 Å². The third-order valence-corrected chi connectivity index (χ3v) is 4.14. The number of anilines is 1. The van der Waals surface area contributed by atoms with Crippen molar-refractivity contribution in [2.24, 2.45) is 0 Å². The van der Waals surface area contributed by atoms with Crippen molar-refractivity contribution in [3.05, 3.63) is 59.2 Å². The van der Waals surface area contributed by atoms with Crippen molar-refractivity contribution in [3.8, 4) is 5.75 Å². The number of carbonyl (C=O) groups is 2. The smallest absolute Gasteiger partial charge is 0.340 e. The summed E-state index contributed by atoms with van der Waals surface area (Å²) < 4.78 is 10.4. The molecule has 26 heavy (non-hydrogen) atoms. The third kappa shape index (κ3) is 4.42. The number of ether oxygens (including phenoxy) is 2. The number of likely N-dealkylation sites (N-methyl/N-ethyl adjacent to an activating group) is 1. The summed E-state index contributed by atoms with van der Waals surface area (Å²) >= 11 is 0. The van der Waals surface area contributed by atoms with Crippen molar-refractivity contribution >= 4 is 17.6 Å². The summed E-state index contributed by atoms with van der Waals surface area (Å²) in [7, 11) is 1.61. The molecular weight excluding hydrogens is 330 g/mol. The lowest BCUT2D eigenvalue weighted by atomic mass is 10.1. The van der Waals surface area contributed by atoms with Crippen molar-refractivity contribution in [3.63, 3.8) is 0 Å². The molecule has 0 aliphatic heterocycles. The second-order valence-electron chi connectivity index (χ2n) is 5.86. The van der Waals surface area contributed by atoms with E-state index in [2.05, 4.69) is 0 Å². The van der Waals surface area contributed by atoms with Gasteiger partial charge in [-0.1, -0.05) is 24.3 Å². The van der Waals surface area contributed by atoms with Crippen LogP contribution in [-0.4, -0.2) is 32.1 Å². The molecule has 0 radical (unpaired) electrons. The highest BCUT2D eigenvalue weighted by Crippen LogP contribution is 2.24. The van der Waals surface area contributed by atoms with Crippen molar-refractivity contribution in [1.29, 1.82) is 0 Å². The number of aryl methyl sites for hydroxylation is 1. The first kappa shape index (κ1) is 19.5. The Morgan fingerprint density at radius 2 is 1.81 bits per heavy atom. The molecule has 0 fully saturated rings. The van der Waals surface area contributed by atoms with Gasteiger partial charge < -0.3 is 14.4 Å². The molecule has 0 unspecified atom stereocenters. The normalized spacial score (nSPS) is 10.3. The number of hydrogen-bond donors (Lipinski definition) is 0. The van der Waals surface area contributed by atoms with E-state index < -0.39 is 5.97 Å². The van der Waals surface area contributed by atoms with E-state index in [1.54, 1.807) is 37.1 Å². The molecule has 0 aliphatic carbocycles. The summed E-state index contributed by atoms with van der Waals surface area (Å²) in [6.07, 6.45) is 0.224. The first-order valence-electron chi connectivity index (χ1n) is 8.71. The molecule has 0 saturated heterocycles. The maximum atomic E-state index is 12.9. The van der Waals surface area contributed by atoms with Gasteiger partial charge >= 0.3 is 5.97 Å². The van der Waals surface area contributed by atoms with Gasteiger partial charge in [0.25, 0.3) is 0 Å². The van der Waals surface area contributed by atoms with Crippen LogP contribution >= 0.6 is 0 Å². The highest BCUT2D eigenvalue weighted by atomic mass is 16.5. The maximum absolute atomic E-state index is 12.9. The van der Waals surface area contributed by atoms with E-state index in [1.807, 2.05) is 38.1 Å². The lowest BCUT2D eigenvalue weighted by molar-refractivity contribution is -0.117. The van der Waals surface area contributed by atoms with Crippen LogP contribution in [0.25, 0.3) is 0 Å². The molecule has 0 atom stereocenters. The lowest BCUT2D eigenvalue weighted by Crippen LogP contribution is -2.33. The number of amides is 1. The summed E-state index contributed by atoms with van der Waals surface area (Å²) in [4.78, 5) is 26.7. The first-order chi connectivity index (χ1) is 12.5. The van der Waals surface area contributed by atoms with E-state index in [9.17, 15) is 9.59 Å². The molecule has 0 heterocycles. The van der Waals surface area contributed by atoms with Gasteiger partial charge in [0.05, 0.1) is 31.4 Å². The van der Waals surface area contributed by atoms with E-state index in [-0.39, 0.29) is 18.9 Å². The number of esters is 1. The summed E-state index contributed by atoms with van der Waals surface area (Å²) in [6.45, 7) is 6.34. The van der Waals surface area contributed by atoms with Gasteiger partial charge in [-0.2, -0.15) is 0 Å². The summed E-state index contributed by atoms with van der Waals surface area (Å²) in [6, 6.07) is 12.7. The largest absolute Gasteiger partial charge is 0.496 e. The number of rotatable bonds is 7. The summed E-state index contributed by atoms with van der Waals surface area (Å²) in [5, 5.41) is 0. The molecule has 138 valence electrons. The fourth-order valence-electron chi connectivity index (χ4n) is 2.82. The van der Waals surface area contributed by atoms with E-state index >= 15 is 0 Å². The van der Waals surface area contributed by atoms with Gasteiger partial charge in [0.2, 0.25) is 5.91 Å². The van der Waals surface area contributed by atoms with Crippen LogP contribution in [0.4, 0.5) is 5.69 Å². The number of benzene rings is 2. The highest BCUT2D eigenvalue weighted by Gasteiger charge is 2.21. The molecular formula is C21H25NO4. The Balaban J connectivity index is 2.28. The van der Waals surface area contributed by atoms with Crippen molar-refractivity contribution in [2.75, 3.05) is 25.2 Å². The number of carbonyl (C=O) groups excluding carboxylic acids is 2. The number of para-hydroxylation sites is 1. The molecule has 0 saturated carbocycles. The van der Waals surface area contributed by atoms with Crippen molar-refractivity contribution in [2.45, 2.75) is 27.2 Å². The molecule has 0 N–H and O–H groups in total. The Bertz CT molecular complexity index is 785. The van der Waals surface area contributed by atoms with Crippen LogP contribution in [0.5, 0.6) is 5.75 Å². The zero-order chi connectivity index (χ0) is 19.1. The highest BCUT2D eigenvalue weighted by molar-refractivity contribution is 6.03. The number of methoxy groups -OCH3 is 1. The van der Waals surface area contributed by atoms with E-state index in [4.69, 9.17) is 9.47 Å². The Kier molecular flexibility index (Phi) is 6.78. The van der Waals surface area contributed by atoms with Crippen LogP contribution < -0.4 is 9.64 Å². The van der Waals surface area contributed by atoms with Crippen molar-refractivity contribution < 1.29 is 19.1 Å². The molecule has 0 spiro atoms. The number of nitrogens with zero attached hydrogens (tertiary/aromatic N) is 1. The van der Waals surface area contributed by atoms with Gasteiger partial charge in [0.1, 0.15) is 5.75 Å². The van der Waals surface area contributed by atoms with E-state index in [0.717, 1.165) is 16.9 Å². The minimum absolute atomic E-state index is 0.0878. The quantitative estimate of drug-likeness (QED) is 0.710. The van der Waals surface area contributed by atoms with Crippen LogP contribution in [0, 0.1) is 6.92 Å². The molecule has 0 aliphatic rings. The predicted molar refractivity (Wildman–Crippen MR) is 102 cm³/mol. The fourth-order valence-corrected chi connectivity index (χ4v) is 2.82. The van der Waals surface area contributed by atoms with Gasteiger partial charge in [-0.05, 0) is 50.1 Å². The van der Waals surface area contributed by atoms with Gasteiger partial charge in [-0.25, -0.2) is 4.79 Å². The molecule has 5 nitrogen and oxygen atoms in total. The van der Waals surface area contributed by atoms with Gasteiger partial charge in [-0.3, -0.25) is 4.79 Å². The lowest BCUT2D eigenvalue weighted by Gasteiger charge is -2.23. The van der Waals surface area contributed by atoms with Crippen LogP contribution in [0.1, 0.15) is 35.3 Å². The average molecular weight is 355 g/mol. The second kappa shape index (κ2) is 9.04. The zero-order valence-electron chi connectivity index (χ0n) is 15.7. The topological polar surface area (TPSA) is 55.8 Å². The zero-order valence-corrected chi connectivity index (χ0v) is 15.7. The molecule has 2 aromatic carbocycles.